The maximum absolute atomic E-state index is 11.8. The first-order valence-corrected chi connectivity index (χ1v) is 7.44. The number of rotatable bonds is 5. The van der Waals surface area contributed by atoms with Crippen molar-refractivity contribution in [1.29, 1.82) is 0 Å². The van der Waals surface area contributed by atoms with E-state index in [4.69, 9.17) is 0 Å². The smallest absolute Gasteiger partial charge is 0.311 e. The van der Waals surface area contributed by atoms with Gasteiger partial charge in [-0.25, -0.2) is 0 Å². The molecule has 1 unspecified atom stereocenters. The van der Waals surface area contributed by atoms with Crippen LogP contribution in [0.1, 0.15) is 28.2 Å². The summed E-state index contributed by atoms with van der Waals surface area (Å²) in [5.74, 6) is -1.29. The number of anilines is 1. The van der Waals surface area contributed by atoms with Crippen LogP contribution in [-0.2, 0) is 11.2 Å². The third-order valence-corrected chi connectivity index (χ3v) is 3.98. The summed E-state index contributed by atoms with van der Waals surface area (Å²) < 4.78 is 0. The average molecular weight is 297 g/mol. The van der Waals surface area contributed by atoms with Gasteiger partial charge in [-0.1, -0.05) is 35.9 Å². The first-order chi connectivity index (χ1) is 10.4. The zero-order valence-electron chi connectivity index (χ0n) is 13.6. The molecule has 1 N–H and O–H groups in total. The Labute approximate surface area is 132 Å². The number of hydrogen-bond acceptors (Lipinski definition) is 2. The van der Waals surface area contributed by atoms with Gasteiger partial charge in [0, 0.05) is 19.8 Å². The number of nitrogens with zero attached hydrogens (tertiary/aromatic N) is 1. The van der Waals surface area contributed by atoms with Crippen LogP contribution in [-0.4, -0.2) is 25.2 Å². The summed E-state index contributed by atoms with van der Waals surface area (Å²) in [7, 11) is 3.97. The molecule has 2 aromatic carbocycles. The Kier molecular flexibility index (Phi) is 4.86. The van der Waals surface area contributed by atoms with E-state index >= 15 is 0 Å². The summed E-state index contributed by atoms with van der Waals surface area (Å²) in [4.78, 5) is 13.8. The highest BCUT2D eigenvalue weighted by Gasteiger charge is 2.22. The van der Waals surface area contributed by atoms with Gasteiger partial charge < -0.3 is 10.0 Å². The molecule has 0 radical (unpaired) electrons. The summed E-state index contributed by atoms with van der Waals surface area (Å²) in [5, 5.41) is 9.67. The van der Waals surface area contributed by atoms with Crippen molar-refractivity contribution < 1.29 is 9.90 Å². The molecule has 0 aromatic heterocycles. The molecule has 0 aliphatic carbocycles. The van der Waals surface area contributed by atoms with E-state index in [0.29, 0.717) is 6.42 Å². The van der Waals surface area contributed by atoms with Gasteiger partial charge in [-0.15, -0.1) is 0 Å². The predicted molar refractivity (Wildman–Crippen MR) is 90.8 cm³/mol. The van der Waals surface area contributed by atoms with Gasteiger partial charge in [0.05, 0.1) is 5.92 Å². The van der Waals surface area contributed by atoms with Gasteiger partial charge in [0.15, 0.2) is 0 Å². The molecule has 0 fully saturated rings. The van der Waals surface area contributed by atoms with E-state index in [1.807, 2.05) is 69.2 Å². The largest absolute Gasteiger partial charge is 0.481 e. The van der Waals surface area contributed by atoms with Crippen LogP contribution in [0.3, 0.4) is 0 Å². The lowest BCUT2D eigenvalue weighted by Crippen LogP contribution is -2.16. The Balaban J connectivity index is 2.36. The van der Waals surface area contributed by atoms with Gasteiger partial charge >= 0.3 is 5.97 Å². The maximum Gasteiger partial charge on any atom is 0.311 e. The van der Waals surface area contributed by atoms with Crippen molar-refractivity contribution in [2.75, 3.05) is 19.0 Å². The minimum absolute atomic E-state index is 0.501. The summed E-state index contributed by atoms with van der Waals surface area (Å²) >= 11 is 0. The first-order valence-electron chi connectivity index (χ1n) is 7.44. The van der Waals surface area contributed by atoms with Crippen molar-refractivity contribution >= 4 is 11.7 Å². The first kappa shape index (κ1) is 16.1. The Morgan fingerprint density at radius 1 is 1.14 bits per heavy atom. The molecule has 0 aliphatic rings. The Morgan fingerprint density at radius 2 is 1.86 bits per heavy atom. The molecule has 0 amide bonds. The van der Waals surface area contributed by atoms with Crippen LogP contribution in [0.4, 0.5) is 5.69 Å². The molecular weight excluding hydrogens is 274 g/mol. The topological polar surface area (TPSA) is 40.5 Å². The molecule has 0 heterocycles. The molecule has 116 valence electrons. The van der Waals surface area contributed by atoms with E-state index in [9.17, 15) is 9.90 Å². The predicted octanol–water partition coefficient (Wildman–Crippen LogP) is 3.78. The molecule has 3 nitrogen and oxygen atoms in total. The number of aliphatic carboxylic acids is 1. The maximum atomic E-state index is 11.8. The fraction of sp³-hybridized carbons (Fsp3) is 0.316. The second-order valence-corrected chi connectivity index (χ2v) is 6.02. The Bertz CT molecular complexity index is 677. The highest BCUT2D eigenvalue weighted by Crippen LogP contribution is 2.26. The molecule has 0 saturated heterocycles. The number of carboxylic acid groups (broad SMARTS) is 1. The summed E-state index contributed by atoms with van der Waals surface area (Å²) in [6.07, 6.45) is 0.501. The average Bonchev–Trinajstić information content (AvgIpc) is 2.47. The molecule has 22 heavy (non-hydrogen) atoms. The second-order valence-electron chi connectivity index (χ2n) is 6.02. The number of hydrogen-bond donors (Lipinski definition) is 1. The van der Waals surface area contributed by atoms with Crippen molar-refractivity contribution in [2.45, 2.75) is 26.2 Å². The lowest BCUT2D eigenvalue weighted by molar-refractivity contribution is -0.138. The quantitative estimate of drug-likeness (QED) is 0.913. The zero-order valence-corrected chi connectivity index (χ0v) is 13.6. The van der Waals surface area contributed by atoms with E-state index in [1.165, 1.54) is 0 Å². The van der Waals surface area contributed by atoms with Gasteiger partial charge in [0.25, 0.3) is 0 Å². The molecule has 0 bridgehead atoms. The van der Waals surface area contributed by atoms with Gasteiger partial charge in [0.1, 0.15) is 0 Å². The van der Waals surface area contributed by atoms with Gasteiger partial charge in [-0.05, 0) is 49.1 Å². The summed E-state index contributed by atoms with van der Waals surface area (Å²) in [6, 6.07) is 14.1. The highest BCUT2D eigenvalue weighted by molar-refractivity contribution is 5.77. The molecule has 0 saturated carbocycles. The molecule has 0 spiro atoms. The normalized spacial score (nSPS) is 12.0. The van der Waals surface area contributed by atoms with Crippen LogP contribution in [0, 0.1) is 13.8 Å². The zero-order chi connectivity index (χ0) is 16.3. The lowest BCUT2D eigenvalue weighted by Gasteiger charge is -2.18. The van der Waals surface area contributed by atoms with E-state index in [2.05, 4.69) is 6.07 Å². The highest BCUT2D eigenvalue weighted by atomic mass is 16.4. The minimum Gasteiger partial charge on any atom is -0.481 e. The Hall–Kier alpha value is -2.29. The van der Waals surface area contributed by atoms with Crippen LogP contribution in [0.2, 0.25) is 0 Å². The monoisotopic (exact) mass is 297 g/mol. The number of aryl methyl sites for hydroxylation is 2. The van der Waals surface area contributed by atoms with Crippen LogP contribution in [0.25, 0.3) is 0 Å². The molecule has 2 rings (SSSR count). The third kappa shape index (κ3) is 3.67. The molecular formula is C19H23NO2. The third-order valence-electron chi connectivity index (χ3n) is 3.98. The van der Waals surface area contributed by atoms with Crippen molar-refractivity contribution in [3.05, 3.63) is 64.7 Å². The van der Waals surface area contributed by atoms with Gasteiger partial charge in [-0.3, -0.25) is 4.79 Å². The van der Waals surface area contributed by atoms with Gasteiger partial charge in [-0.2, -0.15) is 0 Å². The number of carboxylic acids is 1. The minimum atomic E-state index is -0.774. The van der Waals surface area contributed by atoms with Crippen LogP contribution >= 0.6 is 0 Å². The van der Waals surface area contributed by atoms with Crippen molar-refractivity contribution in [1.82, 2.24) is 0 Å². The summed E-state index contributed by atoms with van der Waals surface area (Å²) in [6.45, 7) is 3.97. The van der Waals surface area contributed by atoms with Crippen molar-refractivity contribution in [3.8, 4) is 0 Å². The SMILES string of the molecule is Cc1ccc(C)c(C(Cc2cccc(N(C)C)c2)C(=O)O)c1. The molecule has 0 aliphatic heterocycles. The van der Waals surface area contributed by atoms with Crippen LogP contribution in [0.15, 0.2) is 42.5 Å². The number of carbonyl (C=O) groups is 1. The van der Waals surface area contributed by atoms with E-state index in [-0.39, 0.29) is 0 Å². The van der Waals surface area contributed by atoms with Crippen LogP contribution < -0.4 is 4.90 Å². The molecule has 2 aromatic rings. The molecule has 1 atom stereocenters. The van der Waals surface area contributed by atoms with Crippen LogP contribution in [0.5, 0.6) is 0 Å². The standard InChI is InChI=1S/C19H23NO2/c1-13-8-9-14(2)17(10-13)18(19(21)22)12-15-6-5-7-16(11-15)20(3)4/h5-11,18H,12H2,1-4H3,(H,21,22). The lowest BCUT2D eigenvalue weighted by atomic mass is 9.88. The summed E-state index contributed by atoms with van der Waals surface area (Å²) in [5.41, 5.74) is 5.15. The van der Waals surface area contributed by atoms with E-state index < -0.39 is 11.9 Å². The number of benzene rings is 2. The van der Waals surface area contributed by atoms with Gasteiger partial charge in [0.2, 0.25) is 0 Å². The Morgan fingerprint density at radius 3 is 2.50 bits per heavy atom. The fourth-order valence-electron chi connectivity index (χ4n) is 2.66. The van der Waals surface area contributed by atoms with Crippen molar-refractivity contribution in [2.24, 2.45) is 0 Å². The van der Waals surface area contributed by atoms with E-state index in [0.717, 1.165) is 27.9 Å². The molecule has 3 heteroatoms. The fourth-order valence-corrected chi connectivity index (χ4v) is 2.66. The second kappa shape index (κ2) is 6.65. The van der Waals surface area contributed by atoms with Crippen molar-refractivity contribution in [3.63, 3.8) is 0 Å². The van der Waals surface area contributed by atoms with E-state index in [1.54, 1.807) is 0 Å².